The standard InChI is InChI=1S/C59H69N11O6/c1-7-76-53-31-44(20-21-48(53)64-59-62-34-50-55(65-59)66(5)49-11-9-8-10-45(49)57(74)67(50)6)69-28-24-42(25-29-69)56(73)63-37(4)41-16-12-40(13-17-41)35-68-26-22-39(23-27-68)30-38-14-18-43(19-15-38)70(58(61)75)54(60)47-32-46(36(2)3)51(71)33-52(47)72/h8-21,31-34,36-37,39,42,60,71-72H,7,22-30,35H2,1-6H3,(H2,61,75)(H,63,73)(H,62,64,65). The SMILES string of the molecule is CCOc1cc(N2CCC(C(=O)NC(C)c3ccc(CN4CCC(Cc5ccc(N(C(=N)c6cc(C(C)C)c(O)cc6O)C(N)=O)cc5)CC4)cc3)CC2)ccc1Nc1ncc2c(n1)N(C)c1ccccc1C(=O)N2C. The van der Waals surface area contributed by atoms with Crippen molar-refractivity contribution in [1.82, 2.24) is 20.2 Å². The monoisotopic (exact) mass is 1030 g/mol. The van der Waals surface area contributed by atoms with Crippen molar-refractivity contribution in [3.05, 3.63) is 143 Å². The van der Waals surface area contributed by atoms with Gasteiger partial charge in [0.1, 0.15) is 28.8 Å². The van der Waals surface area contributed by atoms with E-state index in [-0.39, 0.29) is 52.6 Å². The first kappa shape index (κ1) is 52.7. The number of para-hydroxylation sites is 1. The van der Waals surface area contributed by atoms with Crippen molar-refractivity contribution in [2.75, 3.05) is 71.8 Å². The summed E-state index contributed by atoms with van der Waals surface area (Å²) in [5.74, 6) is 1.30. The van der Waals surface area contributed by atoms with E-state index in [1.807, 2.05) is 88.2 Å². The fraction of sp³-hybridized carbons (Fsp3) is 0.356. The molecule has 3 aliphatic rings. The van der Waals surface area contributed by atoms with Gasteiger partial charge in [-0.1, -0.05) is 62.4 Å². The number of phenols is 2. The third-order valence-corrected chi connectivity index (χ3v) is 15.1. The van der Waals surface area contributed by atoms with Gasteiger partial charge in [0.05, 0.1) is 47.0 Å². The van der Waals surface area contributed by atoms with Gasteiger partial charge in [-0.05, 0) is 136 Å². The van der Waals surface area contributed by atoms with Gasteiger partial charge in [0.25, 0.3) is 5.91 Å². The van der Waals surface area contributed by atoms with Crippen LogP contribution in [-0.2, 0) is 17.8 Å². The predicted molar refractivity (Wildman–Crippen MR) is 299 cm³/mol. The number of anilines is 7. The molecule has 6 aromatic rings. The van der Waals surface area contributed by atoms with Crippen molar-refractivity contribution in [3.8, 4) is 17.2 Å². The molecule has 17 heteroatoms. The van der Waals surface area contributed by atoms with Crippen molar-refractivity contribution in [1.29, 1.82) is 5.41 Å². The Morgan fingerprint density at radius 2 is 1.54 bits per heavy atom. The highest BCUT2D eigenvalue weighted by Gasteiger charge is 2.31. The number of aromatic hydroxyl groups is 2. The van der Waals surface area contributed by atoms with E-state index in [0.29, 0.717) is 52.5 Å². The smallest absolute Gasteiger partial charge is 0.325 e. The van der Waals surface area contributed by atoms with Crippen molar-refractivity contribution >= 4 is 63.9 Å². The van der Waals surface area contributed by atoms with Gasteiger partial charge in [-0.25, -0.2) is 14.7 Å². The molecule has 4 amide bonds. The average molecular weight is 1030 g/mol. The summed E-state index contributed by atoms with van der Waals surface area (Å²) in [5, 5.41) is 36.3. The number of hydrogen-bond acceptors (Lipinski definition) is 13. The number of amidine groups is 1. The van der Waals surface area contributed by atoms with E-state index in [1.54, 1.807) is 30.3 Å². The van der Waals surface area contributed by atoms with E-state index in [2.05, 4.69) is 55.7 Å². The molecule has 76 heavy (non-hydrogen) atoms. The number of nitrogens with zero attached hydrogens (tertiary/aromatic N) is 7. The minimum Gasteiger partial charge on any atom is -0.508 e. The Kier molecular flexibility index (Phi) is 15.8. The minimum absolute atomic E-state index is 0.0644. The maximum absolute atomic E-state index is 13.6. The predicted octanol–water partition coefficient (Wildman–Crippen LogP) is 9.97. The Bertz CT molecular complexity index is 3100. The molecule has 1 atom stereocenters. The molecule has 2 saturated heterocycles. The first-order chi connectivity index (χ1) is 36.6. The van der Waals surface area contributed by atoms with Crippen LogP contribution in [0.4, 0.5) is 45.0 Å². The van der Waals surface area contributed by atoms with Gasteiger partial charge in [0.15, 0.2) is 5.82 Å². The molecule has 1 aromatic heterocycles. The maximum Gasteiger partial charge on any atom is 0.325 e. The topological polar surface area (TPSA) is 217 Å². The number of fused-ring (bicyclic) bond motifs is 2. The van der Waals surface area contributed by atoms with Gasteiger partial charge in [0, 0.05) is 57.5 Å². The first-order valence-corrected chi connectivity index (χ1v) is 26.3. The number of hydrogen-bond donors (Lipinski definition) is 6. The van der Waals surface area contributed by atoms with Gasteiger partial charge in [0.2, 0.25) is 11.9 Å². The minimum atomic E-state index is -0.846. The molecule has 17 nitrogen and oxygen atoms in total. The lowest BCUT2D eigenvalue weighted by molar-refractivity contribution is -0.126. The molecule has 0 saturated carbocycles. The molecule has 2 fully saturated rings. The molecule has 0 aliphatic carbocycles. The average Bonchev–Trinajstić information content (AvgIpc) is 3.49. The lowest BCUT2D eigenvalue weighted by Gasteiger charge is -2.34. The zero-order valence-electron chi connectivity index (χ0n) is 44.2. The molecule has 0 bridgehead atoms. The largest absolute Gasteiger partial charge is 0.508 e. The second-order valence-electron chi connectivity index (χ2n) is 20.5. The summed E-state index contributed by atoms with van der Waals surface area (Å²) >= 11 is 0. The second-order valence-corrected chi connectivity index (χ2v) is 20.5. The number of benzene rings is 5. The van der Waals surface area contributed by atoms with E-state index in [0.717, 1.165) is 97.9 Å². The molecule has 5 aromatic carbocycles. The summed E-state index contributed by atoms with van der Waals surface area (Å²) in [6.45, 7) is 12.5. The Morgan fingerprint density at radius 1 is 0.842 bits per heavy atom. The summed E-state index contributed by atoms with van der Waals surface area (Å²) in [5.41, 5.74) is 14.0. The van der Waals surface area contributed by atoms with Gasteiger partial charge < -0.3 is 46.0 Å². The van der Waals surface area contributed by atoms with Crippen LogP contribution >= 0.6 is 0 Å². The van der Waals surface area contributed by atoms with Crippen LogP contribution < -0.4 is 40.7 Å². The molecule has 7 N–H and O–H groups in total. The van der Waals surface area contributed by atoms with Crippen LogP contribution in [-0.4, -0.2) is 95.6 Å². The van der Waals surface area contributed by atoms with E-state index < -0.39 is 6.03 Å². The number of urea groups is 1. The number of phenolic OH excluding ortho intramolecular Hbond substituents is 2. The third-order valence-electron chi connectivity index (χ3n) is 15.1. The number of aromatic nitrogens is 2. The van der Waals surface area contributed by atoms with E-state index in [4.69, 9.17) is 20.9 Å². The quantitative estimate of drug-likeness (QED) is 0.0419. The molecule has 0 radical (unpaired) electrons. The number of primary amides is 1. The van der Waals surface area contributed by atoms with Crippen LogP contribution in [0, 0.1) is 17.2 Å². The highest BCUT2D eigenvalue weighted by Crippen LogP contribution is 2.40. The van der Waals surface area contributed by atoms with Crippen molar-refractivity contribution in [3.63, 3.8) is 0 Å². The van der Waals surface area contributed by atoms with Gasteiger partial charge in [-0.3, -0.25) is 19.9 Å². The molecule has 1 unspecified atom stereocenters. The van der Waals surface area contributed by atoms with Crippen LogP contribution in [0.15, 0.2) is 109 Å². The zero-order valence-corrected chi connectivity index (χ0v) is 44.2. The number of ether oxygens (including phenoxy) is 1. The second kappa shape index (κ2) is 22.7. The molecule has 4 heterocycles. The number of carbonyl (C=O) groups is 3. The Balaban J connectivity index is 0.726. The lowest BCUT2D eigenvalue weighted by atomic mass is 9.90. The highest BCUT2D eigenvalue weighted by molar-refractivity contribution is 6.22. The summed E-state index contributed by atoms with van der Waals surface area (Å²) in [6.07, 6.45) is 6.14. The van der Waals surface area contributed by atoms with Crippen molar-refractivity contribution in [2.24, 2.45) is 17.6 Å². The zero-order chi connectivity index (χ0) is 53.8. The molecule has 0 spiro atoms. The van der Waals surface area contributed by atoms with Crippen LogP contribution in [0.3, 0.4) is 0 Å². The number of nitrogens with two attached hydrogens (primary N) is 1. The van der Waals surface area contributed by atoms with Crippen LogP contribution in [0.25, 0.3) is 0 Å². The number of piperidine rings is 2. The van der Waals surface area contributed by atoms with Crippen LogP contribution in [0.5, 0.6) is 17.2 Å². The van der Waals surface area contributed by atoms with Gasteiger partial charge in [-0.2, -0.15) is 4.98 Å². The first-order valence-electron chi connectivity index (χ1n) is 26.3. The number of amides is 4. The number of carbonyl (C=O) groups excluding carboxylic acids is 3. The van der Waals surface area contributed by atoms with Gasteiger partial charge in [-0.15, -0.1) is 0 Å². The Labute approximate surface area is 444 Å². The number of nitrogens with one attached hydrogen (secondary N) is 3. The molecule has 9 rings (SSSR count). The maximum atomic E-state index is 13.6. The fourth-order valence-corrected chi connectivity index (χ4v) is 10.6. The highest BCUT2D eigenvalue weighted by atomic mass is 16.5. The summed E-state index contributed by atoms with van der Waals surface area (Å²) in [4.78, 5) is 58.3. The number of rotatable bonds is 15. The van der Waals surface area contributed by atoms with Crippen molar-refractivity contribution in [2.45, 2.75) is 78.3 Å². The summed E-state index contributed by atoms with van der Waals surface area (Å²) in [6, 6.07) is 31.4. The lowest BCUT2D eigenvalue weighted by Crippen LogP contribution is -2.41. The normalized spacial score (nSPS) is 15.7. The summed E-state index contributed by atoms with van der Waals surface area (Å²) < 4.78 is 6.12. The third kappa shape index (κ3) is 11.4. The van der Waals surface area contributed by atoms with E-state index in [1.165, 1.54) is 17.7 Å². The Hall–Kier alpha value is -8.18. The molecular formula is C59H69N11O6. The summed E-state index contributed by atoms with van der Waals surface area (Å²) in [7, 11) is 3.63. The van der Waals surface area contributed by atoms with E-state index in [9.17, 15) is 24.6 Å². The van der Waals surface area contributed by atoms with Crippen molar-refractivity contribution < 1.29 is 29.3 Å². The fourth-order valence-electron chi connectivity index (χ4n) is 10.6. The van der Waals surface area contributed by atoms with Crippen LogP contribution in [0.1, 0.15) is 104 Å². The molecular weight excluding hydrogens is 959 g/mol. The number of likely N-dealkylation sites (tertiary alicyclic amines) is 1. The van der Waals surface area contributed by atoms with Gasteiger partial charge >= 0.3 is 6.03 Å². The van der Waals surface area contributed by atoms with E-state index >= 15 is 0 Å². The molecule has 396 valence electrons. The van der Waals surface area contributed by atoms with Crippen LogP contribution in [0.2, 0.25) is 0 Å². The molecule has 3 aliphatic heterocycles. The Morgan fingerprint density at radius 3 is 2.22 bits per heavy atom.